The normalized spacial score (nSPS) is 20.5. The number of benzene rings is 1. The molecule has 4 atom stereocenters. The van der Waals surface area contributed by atoms with Gasteiger partial charge in [-0.05, 0) is 82.2 Å². The number of hydrogen-bond acceptors (Lipinski definition) is 24. The van der Waals surface area contributed by atoms with E-state index in [4.69, 9.17) is 39.6 Å². The number of aliphatic hydroxyl groups excluding tert-OH is 1. The maximum atomic E-state index is 14.4. The molecule has 0 spiro atoms. The van der Waals surface area contributed by atoms with E-state index in [0.29, 0.717) is 105 Å². The molecule has 97 heavy (non-hydrogen) atoms. The van der Waals surface area contributed by atoms with E-state index in [9.17, 15) is 38.7 Å². The second-order valence-corrected chi connectivity index (χ2v) is 30.6. The molecule has 2 saturated heterocycles. The summed E-state index contributed by atoms with van der Waals surface area (Å²) in [5, 5.41) is 38.7. The van der Waals surface area contributed by atoms with Crippen molar-refractivity contribution < 1.29 is 43.4 Å². The number of anilines is 1. The Labute approximate surface area is 584 Å². The topological polar surface area (TPSA) is 321 Å². The fraction of sp³-hybridized carbons (Fsp3) is 0.455. The Morgan fingerprint density at radius 2 is 1.32 bits per heavy atom. The van der Waals surface area contributed by atoms with Crippen LogP contribution in [0.5, 0.6) is 0 Å². The zero-order valence-electron chi connectivity index (χ0n) is 54.3. The third-order valence-electron chi connectivity index (χ3n) is 17.8. The number of nitrogens with one attached hydrogen (secondary N) is 6. The smallest absolute Gasteiger partial charge is 0.271 e. The average molecular weight is 1430 g/mol. The highest BCUT2D eigenvalue weighted by molar-refractivity contribution is 7.15. The van der Waals surface area contributed by atoms with E-state index in [1.807, 2.05) is 36.3 Å². The third kappa shape index (κ3) is 16.4. The molecule has 25 nitrogen and oxygen atoms in total. The molecule has 8 aromatic rings. The first-order valence-corrected chi connectivity index (χ1v) is 37.6. The van der Waals surface area contributed by atoms with Gasteiger partial charge in [0.25, 0.3) is 17.7 Å². The summed E-state index contributed by atoms with van der Waals surface area (Å²) in [5.74, 6) is -3.03. The molecule has 10 heterocycles. The standard InChI is InChI=1S/C66H76N16O9S6/c1-35(2)50-65-79-53(46(97-65)30-91-5)58(88)68-29-49(84)76-54(55(85)37-12-8-6-9-13-37)64-73-45(33-94-64)62-71-43(31-93-62)52-40(60-72-44(32-92-60)57(87)70-42(28-48(83)67-4)63-78-51(36(3)96-63)59(89)77-50)18-19-41(69-52)61-75-47(34-95-61)74-56(86)38-14-16-39(17-15-38)66(90)82-26-24-81(25-27-82)23-22-80-20-10-7-11-21-80/h6,8-9,12-13,18-19,31-35,38-39,42,50,54-55,85H,7,10-11,14-17,20-30H2,1-5H3,(H,67,83)(H,68,88)(H,70,87)(H,74,86)(H,76,84)(H,77,89)/t38?,39?,42-,50-,54-,55-/m0/s1. The molecule has 1 saturated carbocycles. The van der Waals surface area contributed by atoms with Crippen LogP contribution in [0.25, 0.3) is 43.4 Å². The Kier molecular flexibility index (Phi) is 22.4. The zero-order chi connectivity index (χ0) is 67.9. The van der Waals surface area contributed by atoms with Crippen molar-refractivity contribution in [2.75, 3.05) is 78.4 Å². The minimum Gasteiger partial charge on any atom is -0.386 e. The maximum Gasteiger partial charge on any atom is 0.271 e. The number of amides is 7. The molecule has 4 aliphatic rings. The number of aryl methyl sites for hydroxylation is 1. The molecule has 7 N–H and O–H groups in total. The van der Waals surface area contributed by atoms with Gasteiger partial charge < -0.3 is 51.5 Å². The highest BCUT2D eigenvalue weighted by Gasteiger charge is 2.36. The number of aliphatic hydroxyl groups is 1. The molecule has 1 aromatic carbocycles. The molecular weight excluding hydrogens is 1350 g/mol. The van der Waals surface area contributed by atoms with Gasteiger partial charge in [0.05, 0.1) is 42.2 Å². The van der Waals surface area contributed by atoms with Crippen LogP contribution in [0.15, 0.2) is 64.0 Å². The Bertz CT molecular complexity index is 4140. The van der Waals surface area contributed by atoms with Gasteiger partial charge >= 0.3 is 0 Å². The summed E-state index contributed by atoms with van der Waals surface area (Å²) in [6, 6.07) is 9.65. The zero-order valence-corrected chi connectivity index (χ0v) is 59.2. The predicted molar refractivity (Wildman–Crippen MR) is 374 cm³/mol. The lowest BCUT2D eigenvalue weighted by Crippen LogP contribution is -2.52. The monoisotopic (exact) mass is 1430 g/mol. The largest absolute Gasteiger partial charge is 0.386 e. The number of likely N-dealkylation sites (tertiary alicyclic amines) is 1. The van der Waals surface area contributed by atoms with Crippen LogP contribution in [0.4, 0.5) is 5.82 Å². The summed E-state index contributed by atoms with van der Waals surface area (Å²) in [7, 11) is 2.96. The average Bonchev–Trinajstić information content (AvgIpc) is 1.70. The number of aromatic nitrogens is 7. The van der Waals surface area contributed by atoms with Crippen LogP contribution in [0, 0.1) is 24.7 Å². The van der Waals surface area contributed by atoms with Crippen molar-refractivity contribution in [2.24, 2.45) is 17.8 Å². The molecule has 12 rings (SSSR count). The number of ether oxygens (including phenoxy) is 1. The van der Waals surface area contributed by atoms with Gasteiger partial charge in [-0.15, -0.1) is 68.0 Å². The molecule has 510 valence electrons. The quantitative estimate of drug-likeness (QED) is 0.0535. The van der Waals surface area contributed by atoms with Crippen molar-refractivity contribution in [2.45, 2.75) is 103 Å². The van der Waals surface area contributed by atoms with E-state index in [2.05, 4.69) is 41.7 Å². The van der Waals surface area contributed by atoms with Gasteiger partial charge in [0.1, 0.15) is 82.2 Å². The number of nitrogens with zero attached hydrogens (tertiary/aromatic N) is 10. The van der Waals surface area contributed by atoms with Gasteiger partial charge in [-0.3, -0.25) is 38.5 Å². The van der Waals surface area contributed by atoms with Gasteiger partial charge in [-0.25, -0.2) is 34.9 Å². The molecule has 3 aliphatic heterocycles. The number of piperazine rings is 1. The van der Waals surface area contributed by atoms with Gasteiger partial charge in [0.15, 0.2) is 0 Å². The second kappa shape index (κ2) is 31.4. The SMILES string of the molecule is CNC(=O)C[C@@H]1NC(=O)c2csc(n2)-c2ccc(-c3nc(NC(=O)C4CCC(C(=O)N5CCN(CCN6CCCCC6)CC5)CC4)cs3)nc2-c2csc(n2)-c2csc(n2)[C@H]([C@@H](O)c2ccccc2)NC(=O)CNC(=O)c2nc(sc2COC)[C@H](C(C)C)NC(=O)c2nc1sc2C. The lowest BCUT2D eigenvalue weighted by Gasteiger charge is -2.38. The molecule has 10 bridgehead atoms. The lowest BCUT2D eigenvalue weighted by molar-refractivity contribution is -0.139. The molecule has 0 radical (unpaired) electrons. The second-order valence-electron chi connectivity index (χ2n) is 24.8. The fourth-order valence-electron chi connectivity index (χ4n) is 12.4. The Morgan fingerprint density at radius 1 is 0.639 bits per heavy atom. The molecule has 31 heteroatoms. The maximum absolute atomic E-state index is 14.4. The molecule has 7 amide bonds. The van der Waals surface area contributed by atoms with E-state index < -0.39 is 60.3 Å². The van der Waals surface area contributed by atoms with E-state index in [1.54, 1.807) is 53.4 Å². The number of pyridine rings is 1. The first-order chi connectivity index (χ1) is 47.0. The third-order valence-corrected chi connectivity index (χ3v) is 23.5. The number of rotatable bonds is 14. The van der Waals surface area contributed by atoms with Crippen LogP contribution in [-0.4, -0.2) is 169 Å². The van der Waals surface area contributed by atoms with Crippen molar-refractivity contribution in [1.82, 2.24) is 76.2 Å². The summed E-state index contributed by atoms with van der Waals surface area (Å²) in [5.41, 5.74) is 2.86. The highest BCUT2D eigenvalue weighted by atomic mass is 32.1. The minimum atomic E-state index is -1.28. The van der Waals surface area contributed by atoms with Crippen LogP contribution >= 0.6 is 68.0 Å². The van der Waals surface area contributed by atoms with E-state index >= 15 is 0 Å². The summed E-state index contributed by atoms with van der Waals surface area (Å²) in [6.07, 6.45) is 4.89. The van der Waals surface area contributed by atoms with Crippen LogP contribution < -0.4 is 31.9 Å². The Balaban J connectivity index is 0.818. The van der Waals surface area contributed by atoms with Crippen LogP contribution in [0.3, 0.4) is 0 Å². The van der Waals surface area contributed by atoms with Crippen molar-refractivity contribution in [3.63, 3.8) is 0 Å². The fourth-order valence-corrected chi connectivity index (χ4v) is 17.9. The number of thiazole rings is 6. The summed E-state index contributed by atoms with van der Waals surface area (Å²) >= 11 is 7.32. The van der Waals surface area contributed by atoms with Crippen molar-refractivity contribution in [3.05, 3.63) is 111 Å². The highest BCUT2D eigenvalue weighted by Crippen LogP contribution is 2.41. The molecule has 0 unspecified atom stereocenters. The van der Waals surface area contributed by atoms with E-state index in [0.717, 1.165) is 50.6 Å². The van der Waals surface area contributed by atoms with Gasteiger partial charge in [0, 0.05) is 97.2 Å². The number of fused-ring (bicyclic) bond motifs is 14. The summed E-state index contributed by atoms with van der Waals surface area (Å²) in [4.78, 5) is 140. The van der Waals surface area contributed by atoms with Gasteiger partial charge in [0.2, 0.25) is 23.6 Å². The number of carbonyl (C=O) groups excluding carboxylic acids is 7. The predicted octanol–water partition coefficient (Wildman–Crippen LogP) is 8.69. The van der Waals surface area contributed by atoms with Crippen molar-refractivity contribution in [1.29, 1.82) is 0 Å². The van der Waals surface area contributed by atoms with Crippen molar-refractivity contribution in [3.8, 4) is 43.4 Å². The molecule has 3 fully saturated rings. The molecule has 7 aromatic heterocycles. The number of hydrogen-bond donors (Lipinski definition) is 7. The summed E-state index contributed by atoms with van der Waals surface area (Å²) < 4.78 is 5.47. The molecule has 1 aliphatic carbocycles. The number of methoxy groups -OCH3 is 1. The van der Waals surface area contributed by atoms with Crippen LogP contribution in [0.1, 0.15) is 151 Å². The first-order valence-electron chi connectivity index (χ1n) is 32.4. The first kappa shape index (κ1) is 69.2. The van der Waals surface area contributed by atoms with E-state index in [1.165, 1.54) is 103 Å². The Hall–Kier alpha value is -7.72. The van der Waals surface area contributed by atoms with Crippen LogP contribution in [-0.2, 0) is 30.5 Å². The summed E-state index contributed by atoms with van der Waals surface area (Å²) in [6.45, 7) is 12.7. The van der Waals surface area contributed by atoms with Crippen LogP contribution in [0.2, 0.25) is 0 Å². The molecular formula is C66H76N16O9S6. The van der Waals surface area contributed by atoms with Gasteiger partial charge in [-0.1, -0.05) is 50.6 Å². The van der Waals surface area contributed by atoms with Gasteiger partial charge in [-0.2, -0.15) is 0 Å². The van der Waals surface area contributed by atoms with E-state index in [-0.39, 0.29) is 59.7 Å². The minimum absolute atomic E-state index is 0.00322. The lowest BCUT2D eigenvalue weighted by atomic mass is 9.81. The Morgan fingerprint density at radius 3 is 2.06 bits per heavy atom. The number of carbonyl (C=O) groups is 7. The van der Waals surface area contributed by atoms with Crippen molar-refractivity contribution >= 4 is 115 Å². The number of piperidine rings is 1.